The number of benzene rings is 4. The van der Waals surface area contributed by atoms with Gasteiger partial charge in [0.2, 0.25) is 20.0 Å². The number of phenolic OH excluding ortho intramolecular Hbond substituents is 2. The Labute approximate surface area is 345 Å². The molecule has 2 saturated heterocycles. The minimum atomic E-state index is -4.10. The molecule has 2 fully saturated rings. The summed E-state index contributed by atoms with van der Waals surface area (Å²) in [5.41, 5.74) is 3.61. The van der Waals surface area contributed by atoms with E-state index in [2.05, 4.69) is 0 Å². The highest BCUT2D eigenvalue weighted by Gasteiger charge is 2.47. The lowest BCUT2D eigenvalue weighted by Gasteiger charge is -2.31. The fraction of sp³-hybridized carbons (Fsp3) is 0.478. The highest BCUT2D eigenvalue weighted by atomic mass is 32.2. The van der Waals surface area contributed by atoms with Crippen molar-refractivity contribution in [1.29, 1.82) is 0 Å². The smallest absolute Gasteiger partial charge is 0.245 e. The van der Waals surface area contributed by atoms with Crippen LogP contribution in [0.2, 0.25) is 0 Å². The molecule has 0 spiro atoms. The maximum absolute atomic E-state index is 14.5. The van der Waals surface area contributed by atoms with Crippen LogP contribution >= 0.6 is 0 Å². The van der Waals surface area contributed by atoms with Crippen molar-refractivity contribution in [3.8, 4) is 22.6 Å². The second-order valence-electron chi connectivity index (χ2n) is 17.6. The van der Waals surface area contributed by atoms with Crippen LogP contribution in [-0.2, 0) is 53.2 Å². The first-order valence-corrected chi connectivity index (χ1v) is 23.3. The highest BCUT2D eigenvalue weighted by molar-refractivity contribution is 7.89. The van der Waals surface area contributed by atoms with Crippen molar-refractivity contribution in [3.05, 3.63) is 106 Å². The molecule has 58 heavy (non-hydrogen) atoms. The molecule has 4 aromatic rings. The average Bonchev–Trinajstić information content (AvgIpc) is 3.83. The van der Waals surface area contributed by atoms with Gasteiger partial charge >= 0.3 is 0 Å². The molecule has 314 valence electrons. The molecule has 4 atom stereocenters. The molecule has 2 heterocycles. The Hall–Kier alpha value is -3.78. The summed E-state index contributed by atoms with van der Waals surface area (Å²) in [7, 11) is -8.21. The molecule has 12 heteroatoms. The SMILES string of the molecule is CCc1ccc(S(=O)(=O)N2[C@@H](CC)CO[C@H]2c2cc(C(C)(C)C)cc(-c3cc(C(C)(C)C)cc([C@@H]4OC[C@H](CC)N4S(=O)(=O)c4ccc(CC)cc4)c3O)c2O)cc1. The van der Waals surface area contributed by atoms with Crippen molar-refractivity contribution < 1.29 is 36.5 Å². The summed E-state index contributed by atoms with van der Waals surface area (Å²) in [6.45, 7) is 20.2. The van der Waals surface area contributed by atoms with E-state index in [0.29, 0.717) is 12.8 Å². The van der Waals surface area contributed by atoms with E-state index in [4.69, 9.17) is 9.47 Å². The first-order valence-electron chi connectivity index (χ1n) is 20.4. The van der Waals surface area contributed by atoms with Gasteiger partial charge in [0.05, 0.1) is 35.1 Å². The topological polar surface area (TPSA) is 134 Å². The van der Waals surface area contributed by atoms with Gasteiger partial charge in [0.15, 0.2) is 12.5 Å². The Bertz CT molecular complexity index is 2180. The van der Waals surface area contributed by atoms with Gasteiger partial charge in [-0.3, -0.25) is 0 Å². The minimum absolute atomic E-state index is 0.125. The Morgan fingerprint density at radius 1 is 0.569 bits per heavy atom. The third kappa shape index (κ3) is 8.08. The van der Waals surface area contributed by atoms with Crippen LogP contribution in [0.25, 0.3) is 11.1 Å². The number of ether oxygens (including phenoxy) is 2. The first-order chi connectivity index (χ1) is 27.2. The van der Waals surface area contributed by atoms with Crippen LogP contribution in [-0.4, -0.2) is 61.0 Å². The zero-order chi connectivity index (χ0) is 42.5. The molecule has 0 radical (unpaired) electrons. The lowest BCUT2D eigenvalue weighted by Crippen LogP contribution is -2.38. The maximum Gasteiger partial charge on any atom is 0.245 e. The van der Waals surface area contributed by atoms with Gasteiger partial charge in [0.1, 0.15) is 11.5 Å². The zero-order valence-corrected chi connectivity index (χ0v) is 37.2. The summed E-state index contributed by atoms with van der Waals surface area (Å²) < 4.78 is 73.3. The molecule has 4 aromatic carbocycles. The lowest BCUT2D eigenvalue weighted by atomic mass is 9.80. The number of phenols is 2. The highest BCUT2D eigenvalue weighted by Crippen LogP contribution is 2.51. The van der Waals surface area contributed by atoms with Crippen molar-refractivity contribution in [2.45, 2.75) is 140 Å². The number of aromatic hydroxyl groups is 2. The second-order valence-corrected chi connectivity index (χ2v) is 21.3. The average molecular weight is 833 g/mol. The van der Waals surface area contributed by atoms with Gasteiger partial charge in [-0.05, 0) is 107 Å². The maximum atomic E-state index is 14.5. The molecule has 10 nitrogen and oxygen atoms in total. The second kappa shape index (κ2) is 16.3. The van der Waals surface area contributed by atoms with Crippen LogP contribution in [0.1, 0.15) is 128 Å². The van der Waals surface area contributed by atoms with E-state index in [1.807, 2.05) is 106 Å². The van der Waals surface area contributed by atoms with E-state index in [1.54, 1.807) is 36.4 Å². The number of hydrogen-bond donors (Lipinski definition) is 2. The molecular weight excluding hydrogens is 773 g/mol. The van der Waals surface area contributed by atoms with Gasteiger partial charge in [0.25, 0.3) is 0 Å². The third-order valence-electron chi connectivity index (χ3n) is 11.7. The predicted octanol–water partition coefficient (Wildman–Crippen LogP) is 9.48. The predicted molar refractivity (Wildman–Crippen MR) is 228 cm³/mol. The summed E-state index contributed by atoms with van der Waals surface area (Å²) in [5, 5.41) is 24.9. The van der Waals surface area contributed by atoms with E-state index >= 15 is 0 Å². The number of hydrogen-bond acceptors (Lipinski definition) is 8. The molecular formula is C46H60N2O8S2. The van der Waals surface area contributed by atoms with Crippen molar-refractivity contribution in [2.24, 2.45) is 0 Å². The molecule has 2 aliphatic rings. The Kier molecular flexibility index (Phi) is 12.3. The minimum Gasteiger partial charge on any atom is -0.507 e. The molecule has 2 N–H and O–H groups in total. The van der Waals surface area contributed by atoms with Crippen LogP contribution in [0.3, 0.4) is 0 Å². The van der Waals surface area contributed by atoms with Crippen LogP contribution in [0, 0.1) is 0 Å². The van der Waals surface area contributed by atoms with E-state index in [9.17, 15) is 27.0 Å². The molecule has 0 aliphatic carbocycles. The summed E-state index contributed by atoms with van der Waals surface area (Å²) in [4.78, 5) is 0.265. The van der Waals surface area contributed by atoms with Crippen LogP contribution in [0.15, 0.2) is 82.6 Å². The van der Waals surface area contributed by atoms with Crippen LogP contribution in [0.4, 0.5) is 0 Å². The fourth-order valence-electron chi connectivity index (χ4n) is 7.78. The molecule has 0 amide bonds. The van der Waals surface area contributed by atoms with E-state index in [1.165, 1.54) is 8.61 Å². The monoisotopic (exact) mass is 832 g/mol. The number of rotatable bonds is 11. The van der Waals surface area contributed by atoms with E-state index in [-0.39, 0.29) is 56.8 Å². The molecule has 0 bridgehead atoms. The van der Waals surface area contributed by atoms with Gasteiger partial charge in [-0.1, -0.05) is 93.5 Å². The summed E-state index contributed by atoms with van der Waals surface area (Å²) in [5.74, 6) is -0.495. The molecule has 2 aliphatic heterocycles. The van der Waals surface area contributed by atoms with Crippen LogP contribution in [0.5, 0.6) is 11.5 Å². The quantitative estimate of drug-likeness (QED) is 0.153. The van der Waals surface area contributed by atoms with E-state index in [0.717, 1.165) is 35.1 Å². The zero-order valence-electron chi connectivity index (χ0n) is 35.5. The summed E-state index contributed by atoms with van der Waals surface area (Å²) in [6.07, 6.45) is 0.156. The first kappa shape index (κ1) is 43.8. The Balaban J connectivity index is 1.56. The van der Waals surface area contributed by atoms with Gasteiger partial charge in [-0.25, -0.2) is 16.8 Å². The van der Waals surface area contributed by atoms with Crippen molar-refractivity contribution in [2.75, 3.05) is 13.2 Å². The van der Waals surface area contributed by atoms with E-state index < -0.39 is 55.4 Å². The number of aryl methyl sites for hydroxylation is 2. The van der Waals surface area contributed by atoms with Crippen molar-refractivity contribution in [3.63, 3.8) is 0 Å². The van der Waals surface area contributed by atoms with Gasteiger partial charge in [0, 0.05) is 22.3 Å². The van der Waals surface area contributed by atoms with Crippen LogP contribution < -0.4 is 0 Å². The molecule has 0 aromatic heterocycles. The van der Waals surface area contributed by atoms with Crippen molar-refractivity contribution >= 4 is 20.0 Å². The van der Waals surface area contributed by atoms with Gasteiger partial charge < -0.3 is 19.7 Å². The largest absolute Gasteiger partial charge is 0.507 e. The third-order valence-corrected chi connectivity index (χ3v) is 15.5. The Morgan fingerprint density at radius 2 is 0.897 bits per heavy atom. The summed E-state index contributed by atoms with van der Waals surface area (Å²) >= 11 is 0. The number of nitrogens with zero attached hydrogens (tertiary/aromatic N) is 2. The Morgan fingerprint density at radius 3 is 1.17 bits per heavy atom. The molecule has 0 saturated carbocycles. The number of sulfonamides is 2. The summed E-state index contributed by atoms with van der Waals surface area (Å²) in [6, 6.07) is 19.9. The fourth-order valence-corrected chi connectivity index (χ4v) is 11.3. The van der Waals surface area contributed by atoms with Gasteiger partial charge in [-0.2, -0.15) is 8.61 Å². The molecule has 6 rings (SSSR count). The standard InChI is InChI=1S/C46H60N2O8S2/c1-11-29-15-19-35(20-16-29)57(51,52)47-33(13-3)27-55-43(47)39-25-31(45(5,6)7)23-37(41(39)49)38-24-32(46(8,9)10)26-40(42(38)50)44-48(34(14-4)28-56-44)58(53,54)36-21-17-30(12-2)18-22-36/h15-26,33-34,43-44,49-50H,11-14,27-28H2,1-10H3/t33-,34-,43-,44-/m0/s1. The lowest BCUT2D eigenvalue weighted by molar-refractivity contribution is 0.0654. The normalized spacial score (nSPS) is 21.2. The van der Waals surface area contributed by atoms with Gasteiger partial charge in [-0.15, -0.1) is 0 Å². The molecule has 0 unspecified atom stereocenters. The van der Waals surface area contributed by atoms with Crippen molar-refractivity contribution in [1.82, 2.24) is 8.61 Å².